The van der Waals surface area contributed by atoms with Crippen molar-refractivity contribution in [3.05, 3.63) is 53.6 Å². The topological polar surface area (TPSA) is 61.3 Å². The summed E-state index contributed by atoms with van der Waals surface area (Å²) in [4.78, 5) is 11.0. The molecule has 1 saturated heterocycles. The number of benzene rings is 1. The Morgan fingerprint density at radius 1 is 1.22 bits per heavy atom. The van der Waals surface area contributed by atoms with Gasteiger partial charge in [0.2, 0.25) is 5.95 Å². The van der Waals surface area contributed by atoms with Crippen LogP contribution in [0.3, 0.4) is 0 Å². The second kappa shape index (κ2) is 7.48. The van der Waals surface area contributed by atoms with Crippen molar-refractivity contribution in [2.75, 3.05) is 24.5 Å². The zero-order chi connectivity index (χ0) is 16.1. The standard InChI is InChI=1S/C17H21FN4O/c18-15-5-3-4-14(8-15)16(23)12-19-9-13-10-20-17(21-11-13)22-6-1-2-7-22/h3-5,8,10-11,16,19,23H,1-2,6-7,9,12H2/t16-/m1/s1. The van der Waals surface area contributed by atoms with E-state index in [9.17, 15) is 9.50 Å². The van der Waals surface area contributed by atoms with E-state index in [2.05, 4.69) is 20.2 Å². The molecule has 5 nitrogen and oxygen atoms in total. The zero-order valence-electron chi connectivity index (χ0n) is 13.0. The van der Waals surface area contributed by atoms with Crippen LogP contribution in [-0.4, -0.2) is 34.7 Å². The van der Waals surface area contributed by atoms with Crippen LogP contribution in [0.25, 0.3) is 0 Å². The van der Waals surface area contributed by atoms with Gasteiger partial charge in [-0.25, -0.2) is 14.4 Å². The normalized spacial score (nSPS) is 15.8. The molecule has 0 aliphatic carbocycles. The summed E-state index contributed by atoms with van der Waals surface area (Å²) in [5.74, 6) is 0.443. The summed E-state index contributed by atoms with van der Waals surface area (Å²) in [5, 5.41) is 13.2. The number of nitrogens with one attached hydrogen (secondary N) is 1. The molecule has 2 aromatic rings. The Balaban J connectivity index is 1.48. The molecule has 0 spiro atoms. The van der Waals surface area contributed by atoms with Crippen LogP contribution in [-0.2, 0) is 6.54 Å². The molecule has 0 amide bonds. The number of aromatic nitrogens is 2. The summed E-state index contributed by atoms with van der Waals surface area (Å²) in [6.45, 7) is 2.96. The highest BCUT2D eigenvalue weighted by atomic mass is 19.1. The minimum Gasteiger partial charge on any atom is -0.387 e. The fourth-order valence-electron chi connectivity index (χ4n) is 2.70. The Labute approximate surface area is 135 Å². The van der Waals surface area contributed by atoms with Crippen molar-refractivity contribution in [1.29, 1.82) is 0 Å². The van der Waals surface area contributed by atoms with Gasteiger partial charge in [0.1, 0.15) is 5.82 Å². The Kier molecular flexibility index (Phi) is 5.15. The minimum atomic E-state index is -0.740. The Morgan fingerprint density at radius 3 is 2.65 bits per heavy atom. The summed E-state index contributed by atoms with van der Waals surface area (Å²) in [6.07, 6.45) is 5.27. The van der Waals surface area contributed by atoms with E-state index in [0.717, 1.165) is 24.6 Å². The largest absolute Gasteiger partial charge is 0.387 e. The molecular weight excluding hydrogens is 295 g/mol. The third kappa shape index (κ3) is 4.24. The molecule has 23 heavy (non-hydrogen) atoms. The molecule has 1 aliphatic heterocycles. The van der Waals surface area contributed by atoms with Gasteiger partial charge in [0.25, 0.3) is 0 Å². The molecular formula is C17H21FN4O. The van der Waals surface area contributed by atoms with Gasteiger partial charge in [-0.05, 0) is 30.5 Å². The fourth-order valence-corrected chi connectivity index (χ4v) is 2.70. The first-order valence-corrected chi connectivity index (χ1v) is 7.92. The Hall–Kier alpha value is -2.05. The van der Waals surface area contributed by atoms with Gasteiger partial charge in [-0.2, -0.15) is 0 Å². The van der Waals surface area contributed by atoms with Crippen molar-refractivity contribution < 1.29 is 9.50 Å². The van der Waals surface area contributed by atoms with E-state index in [0.29, 0.717) is 18.7 Å². The van der Waals surface area contributed by atoms with Gasteiger partial charge in [-0.3, -0.25) is 0 Å². The van der Waals surface area contributed by atoms with Gasteiger partial charge < -0.3 is 15.3 Å². The number of anilines is 1. The lowest BCUT2D eigenvalue weighted by Crippen LogP contribution is -2.22. The van der Waals surface area contributed by atoms with Crippen LogP contribution in [0.5, 0.6) is 0 Å². The molecule has 6 heteroatoms. The third-order valence-corrected chi connectivity index (χ3v) is 3.98. The molecule has 2 N–H and O–H groups in total. The lowest BCUT2D eigenvalue weighted by Gasteiger charge is -2.15. The molecule has 0 radical (unpaired) electrons. The van der Waals surface area contributed by atoms with Gasteiger partial charge in [0.05, 0.1) is 6.10 Å². The van der Waals surface area contributed by atoms with Crippen LogP contribution in [0, 0.1) is 5.82 Å². The van der Waals surface area contributed by atoms with E-state index in [1.54, 1.807) is 12.1 Å². The number of halogens is 1. The molecule has 2 heterocycles. The van der Waals surface area contributed by atoms with Gasteiger partial charge in [0.15, 0.2) is 0 Å². The molecule has 1 aromatic heterocycles. The molecule has 122 valence electrons. The minimum absolute atomic E-state index is 0.340. The lowest BCUT2D eigenvalue weighted by atomic mass is 10.1. The lowest BCUT2D eigenvalue weighted by molar-refractivity contribution is 0.174. The molecule has 0 bridgehead atoms. The molecule has 1 fully saturated rings. The van der Waals surface area contributed by atoms with Crippen LogP contribution in [0.4, 0.5) is 10.3 Å². The summed E-state index contributed by atoms with van der Waals surface area (Å²) in [6, 6.07) is 6.02. The van der Waals surface area contributed by atoms with E-state index in [4.69, 9.17) is 0 Å². The average molecular weight is 316 g/mol. The van der Waals surface area contributed by atoms with Crippen molar-refractivity contribution in [1.82, 2.24) is 15.3 Å². The van der Waals surface area contributed by atoms with Crippen molar-refractivity contribution in [3.63, 3.8) is 0 Å². The van der Waals surface area contributed by atoms with Crippen LogP contribution in [0.1, 0.15) is 30.1 Å². The molecule has 1 atom stereocenters. The van der Waals surface area contributed by atoms with Gasteiger partial charge >= 0.3 is 0 Å². The zero-order valence-corrected chi connectivity index (χ0v) is 13.0. The predicted molar refractivity (Wildman–Crippen MR) is 86.5 cm³/mol. The van der Waals surface area contributed by atoms with Gasteiger partial charge in [0, 0.05) is 44.1 Å². The van der Waals surface area contributed by atoms with E-state index in [1.165, 1.54) is 25.0 Å². The molecule has 3 rings (SSSR count). The third-order valence-electron chi connectivity index (χ3n) is 3.98. The van der Waals surface area contributed by atoms with E-state index in [-0.39, 0.29) is 5.82 Å². The Bertz CT molecular complexity index is 629. The second-order valence-electron chi connectivity index (χ2n) is 5.79. The quantitative estimate of drug-likeness (QED) is 0.854. The molecule has 0 unspecified atom stereocenters. The highest BCUT2D eigenvalue weighted by Crippen LogP contribution is 2.15. The maximum atomic E-state index is 13.1. The van der Waals surface area contributed by atoms with Crippen LogP contribution in [0.15, 0.2) is 36.7 Å². The number of aliphatic hydroxyl groups excluding tert-OH is 1. The average Bonchev–Trinajstić information content (AvgIpc) is 3.10. The van der Waals surface area contributed by atoms with Crippen molar-refractivity contribution in [2.24, 2.45) is 0 Å². The predicted octanol–water partition coefficient (Wildman–Crippen LogP) is 2.04. The van der Waals surface area contributed by atoms with Gasteiger partial charge in [-0.1, -0.05) is 12.1 Å². The maximum Gasteiger partial charge on any atom is 0.225 e. The smallest absolute Gasteiger partial charge is 0.225 e. The van der Waals surface area contributed by atoms with Gasteiger partial charge in [-0.15, -0.1) is 0 Å². The molecule has 0 saturated carbocycles. The van der Waals surface area contributed by atoms with Crippen LogP contribution < -0.4 is 10.2 Å². The molecule has 1 aromatic carbocycles. The van der Waals surface area contributed by atoms with Crippen molar-refractivity contribution in [2.45, 2.75) is 25.5 Å². The summed E-state index contributed by atoms with van der Waals surface area (Å²) < 4.78 is 13.1. The van der Waals surface area contributed by atoms with E-state index >= 15 is 0 Å². The number of rotatable bonds is 6. The maximum absolute atomic E-state index is 13.1. The fraction of sp³-hybridized carbons (Fsp3) is 0.412. The summed E-state index contributed by atoms with van der Waals surface area (Å²) in [5.41, 5.74) is 1.53. The van der Waals surface area contributed by atoms with Crippen LogP contribution in [0.2, 0.25) is 0 Å². The SMILES string of the molecule is O[C@H](CNCc1cnc(N2CCCC2)nc1)c1cccc(F)c1. The molecule has 1 aliphatic rings. The van der Waals surface area contributed by atoms with Crippen LogP contribution >= 0.6 is 0 Å². The highest BCUT2D eigenvalue weighted by molar-refractivity contribution is 5.31. The van der Waals surface area contributed by atoms with Crippen molar-refractivity contribution >= 4 is 5.95 Å². The Morgan fingerprint density at radius 2 is 1.96 bits per heavy atom. The summed E-state index contributed by atoms with van der Waals surface area (Å²) in [7, 11) is 0. The number of hydrogen-bond donors (Lipinski definition) is 2. The number of nitrogens with zero attached hydrogens (tertiary/aromatic N) is 3. The number of aliphatic hydroxyl groups is 1. The summed E-state index contributed by atoms with van der Waals surface area (Å²) >= 11 is 0. The second-order valence-corrected chi connectivity index (χ2v) is 5.79. The van der Waals surface area contributed by atoms with E-state index < -0.39 is 6.10 Å². The van der Waals surface area contributed by atoms with Crippen molar-refractivity contribution in [3.8, 4) is 0 Å². The monoisotopic (exact) mass is 316 g/mol. The first kappa shape index (κ1) is 15.8. The number of hydrogen-bond acceptors (Lipinski definition) is 5. The first-order chi connectivity index (χ1) is 11.2. The highest BCUT2D eigenvalue weighted by Gasteiger charge is 2.14. The van der Waals surface area contributed by atoms with E-state index in [1.807, 2.05) is 12.4 Å². The first-order valence-electron chi connectivity index (χ1n) is 7.92.